The third-order valence-electron chi connectivity index (χ3n) is 5.95. The normalized spacial score (nSPS) is 23.9. The molecule has 1 fully saturated rings. The van der Waals surface area contributed by atoms with Gasteiger partial charge < -0.3 is 15.5 Å². The van der Waals surface area contributed by atoms with Gasteiger partial charge in [-0.15, -0.1) is 0 Å². The van der Waals surface area contributed by atoms with Gasteiger partial charge in [-0.3, -0.25) is 9.59 Å². The van der Waals surface area contributed by atoms with E-state index in [9.17, 15) is 9.59 Å². The van der Waals surface area contributed by atoms with Crippen molar-refractivity contribution in [2.24, 2.45) is 17.6 Å². The van der Waals surface area contributed by atoms with Gasteiger partial charge in [-0.2, -0.15) is 0 Å². The molecule has 0 spiro atoms. The van der Waals surface area contributed by atoms with Gasteiger partial charge in [-0.25, -0.2) is 0 Å². The SMILES string of the molecule is CC(C)CC(=O)N1Cc2ccccc2CC1C(=O)N1CCCC(C(C)N)C1. The Kier molecular flexibility index (Phi) is 6.20. The molecule has 0 radical (unpaired) electrons. The average molecular weight is 372 g/mol. The Bertz CT molecular complexity index is 686. The first-order valence-electron chi connectivity index (χ1n) is 10.3. The monoisotopic (exact) mass is 371 g/mol. The average Bonchev–Trinajstić information content (AvgIpc) is 2.65. The number of piperidine rings is 1. The van der Waals surface area contributed by atoms with Crippen LogP contribution in [0.3, 0.4) is 0 Å². The summed E-state index contributed by atoms with van der Waals surface area (Å²) in [5.74, 6) is 0.798. The van der Waals surface area contributed by atoms with Crippen LogP contribution >= 0.6 is 0 Å². The van der Waals surface area contributed by atoms with Crippen molar-refractivity contribution in [1.29, 1.82) is 0 Å². The fourth-order valence-corrected chi connectivity index (χ4v) is 4.32. The molecule has 0 aromatic heterocycles. The molecule has 2 amide bonds. The second kappa shape index (κ2) is 8.42. The fourth-order valence-electron chi connectivity index (χ4n) is 4.32. The highest BCUT2D eigenvalue weighted by Crippen LogP contribution is 2.28. The number of nitrogens with two attached hydrogens (primary N) is 1. The zero-order valence-electron chi connectivity index (χ0n) is 16.9. The van der Waals surface area contributed by atoms with Gasteiger partial charge in [0.15, 0.2) is 0 Å². The molecular weight excluding hydrogens is 338 g/mol. The zero-order chi connectivity index (χ0) is 19.6. The Balaban J connectivity index is 1.83. The molecule has 0 saturated carbocycles. The molecule has 3 unspecified atom stereocenters. The van der Waals surface area contributed by atoms with Crippen molar-refractivity contribution in [1.82, 2.24) is 9.80 Å². The second-order valence-electron chi connectivity index (χ2n) is 8.65. The Morgan fingerprint density at radius 1 is 1.19 bits per heavy atom. The predicted octanol–water partition coefficient (Wildman–Crippen LogP) is 2.57. The number of carbonyl (C=O) groups excluding carboxylic acids is 2. The molecule has 148 valence electrons. The standard InChI is InChI=1S/C22H33N3O2/c1-15(2)11-21(26)25-14-19-8-5-4-7-17(19)12-20(25)22(27)24-10-6-9-18(13-24)16(3)23/h4-5,7-8,15-16,18,20H,6,9-14,23H2,1-3H3. The summed E-state index contributed by atoms with van der Waals surface area (Å²) < 4.78 is 0. The molecule has 2 aliphatic rings. The van der Waals surface area contributed by atoms with Crippen molar-refractivity contribution in [3.05, 3.63) is 35.4 Å². The van der Waals surface area contributed by atoms with E-state index >= 15 is 0 Å². The van der Waals surface area contributed by atoms with E-state index in [-0.39, 0.29) is 23.8 Å². The van der Waals surface area contributed by atoms with E-state index in [1.54, 1.807) is 0 Å². The van der Waals surface area contributed by atoms with Crippen LogP contribution in [0.15, 0.2) is 24.3 Å². The molecule has 2 aliphatic heterocycles. The molecule has 0 aliphatic carbocycles. The predicted molar refractivity (Wildman–Crippen MR) is 107 cm³/mol. The second-order valence-corrected chi connectivity index (χ2v) is 8.65. The Morgan fingerprint density at radius 3 is 2.56 bits per heavy atom. The van der Waals surface area contributed by atoms with Gasteiger partial charge in [0.05, 0.1) is 0 Å². The molecule has 1 saturated heterocycles. The molecule has 2 N–H and O–H groups in total. The Labute approximate surface area is 162 Å². The van der Waals surface area contributed by atoms with Crippen LogP contribution in [0, 0.1) is 11.8 Å². The van der Waals surface area contributed by atoms with E-state index in [1.165, 1.54) is 5.56 Å². The highest BCUT2D eigenvalue weighted by molar-refractivity contribution is 5.88. The van der Waals surface area contributed by atoms with E-state index in [1.807, 2.05) is 42.7 Å². The number of carbonyl (C=O) groups is 2. The molecule has 1 aromatic carbocycles. The van der Waals surface area contributed by atoms with Gasteiger partial charge in [0, 0.05) is 38.5 Å². The molecular formula is C22H33N3O2. The van der Waals surface area contributed by atoms with Gasteiger partial charge in [0.2, 0.25) is 11.8 Å². The van der Waals surface area contributed by atoms with Crippen molar-refractivity contribution in [3.8, 4) is 0 Å². The number of nitrogens with zero attached hydrogens (tertiary/aromatic N) is 2. The van der Waals surface area contributed by atoms with E-state index in [0.717, 1.165) is 24.9 Å². The van der Waals surface area contributed by atoms with Crippen molar-refractivity contribution in [3.63, 3.8) is 0 Å². The Morgan fingerprint density at radius 2 is 1.89 bits per heavy atom. The lowest BCUT2D eigenvalue weighted by atomic mass is 9.89. The Hall–Kier alpha value is -1.88. The van der Waals surface area contributed by atoms with Crippen molar-refractivity contribution in [2.75, 3.05) is 13.1 Å². The van der Waals surface area contributed by atoms with Crippen molar-refractivity contribution < 1.29 is 9.59 Å². The van der Waals surface area contributed by atoms with Gasteiger partial charge in [0.25, 0.3) is 0 Å². The molecule has 3 rings (SSSR count). The number of benzene rings is 1. The van der Waals surface area contributed by atoms with Crippen LogP contribution in [0.5, 0.6) is 0 Å². The lowest BCUT2D eigenvalue weighted by molar-refractivity contribution is -0.148. The van der Waals surface area contributed by atoms with Crippen LogP contribution in [0.1, 0.15) is 51.2 Å². The van der Waals surface area contributed by atoms with Crippen molar-refractivity contribution in [2.45, 2.75) is 65.1 Å². The number of amides is 2. The van der Waals surface area contributed by atoms with Crippen LogP contribution in [0.25, 0.3) is 0 Å². The molecule has 3 atom stereocenters. The zero-order valence-corrected chi connectivity index (χ0v) is 16.9. The molecule has 5 heteroatoms. The summed E-state index contributed by atoms with van der Waals surface area (Å²) in [5, 5.41) is 0. The third-order valence-corrected chi connectivity index (χ3v) is 5.95. The summed E-state index contributed by atoms with van der Waals surface area (Å²) in [6.45, 7) is 8.12. The number of hydrogen-bond donors (Lipinski definition) is 1. The summed E-state index contributed by atoms with van der Waals surface area (Å²) in [4.78, 5) is 30.1. The summed E-state index contributed by atoms with van der Waals surface area (Å²) in [5.41, 5.74) is 8.44. The fraction of sp³-hybridized carbons (Fsp3) is 0.636. The third kappa shape index (κ3) is 4.52. The summed E-state index contributed by atoms with van der Waals surface area (Å²) in [6.07, 6.45) is 3.15. The van der Waals surface area contributed by atoms with Gasteiger partial charge in [-0.1, -0.05) is 38.1 Å². The van der Waals surface area contributed by atoms with E-state index in [2.05, 4.69) is 12.1 Å². The maximum atomic E-state index is 13.4. The first-order chi connectivity index (χ1) is 12.9. The van der Waals surface area contributed by atoms with Gasteiger partial charge in [0.1, 0.15) is 6.04 Å². The summed E-state index contributed by atoms with van der Waals surface area (Å²) >= 11 is 0. The van der Waals surface area contributed by atoms with Gasteiger partial charge in [-0.05, 0) is 42.7 Å². The van der Waals surface area contributed by atoms with Crippen molar-refractivity contribution >= 4 is 11.8 Å². The van der Waals surface area contributed by atoms with E-state index < -0.39 is 6.04 Å². The minimum atomic E-state index is -0.391. The minimum Gasteiger partial charge on any atom is -0.341 e. The number of likely N-dealkylation sites (tertiary alicyclic amines) is 1. The van der Waals surface area contributed by atoms with E-state index in [0.29, 0.717) is 31.8 Å². The molecule has 5 nitrogen and oxygen atoms in total. The van der Waals surface area contributed by atoms with Crippen LogP contribution in [-0.2, 0) is 22.6 Å². The topological polar surface area (TPSA) is 66.6 Å². The van der Waals surface area contributed by atoms with E-state index in [4.69, 9.17) is 5.73 Å². The summed E-state index contributed by atoms with van der Waals surface area (Å²) in [7, 11) is 0. The maximum Gasteiger partial charge on any atom is 0.245 e. The molecule has 27 heavy (non-hydrogen) atoms. The maximum absolute atomic E-state index is 13.4. The van der Waals surface area contributed by atoms with Crippen LogP contribution < -0.4 is 5.73 Å². The van der Waals surface area contributed by atoms with Crippen LogP contribution in [-0.4, -0.2) is 46.8 Å². The number of hydrogen-bond acceptors (Lipinski definition) is 3. The molecule has 1 aromatic rings. The smallest absolute Gasteiger partial charge is 0.245 e. The van der Waals surface area contributed by atoms with Crippen LogP contribution in [0.2, 0.25) is 0 Å². The largest absolute Gasteiger partial charge is 0.341 e. The first kappa shape index (κ1) is 19.9. The lowest BCUT2D eigenvalue weighted by Crippen LogP contribution is -2.56. The quantitative estimate of drug-likeness (QED) is 0.885. The first-order valence-corrected chi connectivity index (χ1v) is 10.3. The molecule has 2 heterocycles. The van der Waals surface area contributed by atoms with Crippen LogP contribution in [0.4, 0.5) is 0 Å². The minimum absolute atomic E-state index is 0.0820. The highest BCUT2D eigenvalue weighted by atomic mass is 16.2. The highest BCUT2D eigenvalue weighted by Gasteiger charge is 2.38. The van der Waals surface area contributed by atoms with Gasteiger partial charge >= 0.3 is 0 Å². The number of rotatable bonds is 4. The number of fused-ring (bicyclic) bond motifs is 1. The summed E-state index contributed by atoms with van der Waals surface area (Å²) in [6, 6.07) is 7.87. The molecule has 0 bridgehead atoms. The lowest BCUT2D eigenvalue weighted by Gasteiger charge is -2.41.